The molecule has 3 nitrogen and oxygen atoms in total. The molecule has 0 bridgehead atoms. The van der Waals surface area contributed by atoms with Crippen LogP contribution in [0.1, 0.15) is 34.6 Å². The maximum atomic E-state index is 5.63. The molecule has 1 aliphatic rings. The molecule has 0 radical (unpaired) electrons. The van der Waals surface area contributed by atoms with Crippen molar-refractivity contribution in [3.63, 3.8) is 0 Å². The number of hydrogen-bond donors (Lipinski definition) is 1. The molecule has 0 amide bonds. The molecule has 2 heterocycles. The van der Waals surface area contributed by atoms with Crippen LogP contribution in [0.5, 0.6) is 0 Å². The molecule has 0 saturated carbocycles. The van der Waals surface area contributed by atoms with Crippen molar-refractivity contribution in [2.24, 2.45) is 0 Å². The molecule has 1 aromatic heterocycles. The number of ether oxygens (including phenoxy) is 2. The molecule has 0 aliphatic carbocycles. The molecular formula is C15H25NO2S. The van der Waals surface area contributed by atoms with Gasteiger partial charge in [-0.05, 0) is 51.3 Å². The molecule has 1 atom stereocenters. The van der Waals surface area contributed by atoms with Gasteiger partial charge in [-0.1, -0.05) is 0 Å². The van der Waals surface area contributed by atoms with E-state index in [2.05, 4.69) is 25.2 Å². The van der Waals surface area contributed by atoms with Crippen LogP contribution < -0.4 is 5.32 Å². The summed E-state index contributed by atoms with van der Waals surface area (Å²) < 4.78 is 11.1. The molecule has 19 heavy (non-hydrogen) atoms. The van der Waals surface area contributed by atoms with E-state index >= 15 is 0 Å². The van der Waals surface area contributed by atoms with Crippen LogP contribution >= 0.6 is 11.3 Å². The Morgan fingerprint density at radius 3 is 3.05 bits per heavy atom. The minimum absolute atomic E-state index is 0.351. The zero-order valence-corrected chi connectivity index (χ0v) is 12.9. The van der Waals surface area contributed by atoms with Gasteiger partial charge in [0.2, 0.25) is 0 Å². The van der Waals surface area contributed by atoms with Crippen molar-refractivity contribution < 1.29 is 9.47 Å². The first-order chi connectivity index (χ1) is 9.25. The summed E-state index contributed by atoms with van der Waals surface area (Å²) in [5.41, 5.74) is 1.43. The predicted molar refractivity (Wildman–Crippen MR) is 79.9 cm³/mol. The quantitative estimate of drug-likeness (QED) is 0.744. The van der Waals surface area contributed by atoms with Gasteiger partial charge in [-0.25, -0.2) is 0 Å². The lowest BCUT2D eigenvalue weighted by Gasteiger charge is -2.10. The first-order valence-electron chi connectivity index (χ1n) is 7.21. The highest BCUT2D eigenvalue weighted by atomic mass is 32.1. The third-order valence-electron chi connectivity index (χ3n) is 3.43. The molecule has 1 aliphatic heterocycles. The molecule has 1 saturated heterocycles. The van der Waals surface area contributed by atoms with Crippen molar-refractivity contribution in [1.82, 2.24) is 5.32 Å². The van der Waals surface area contributed by atoms with Crippen molar-refractivity contribution in [3.05, 3.63) is 21.4 Å². The minimum atomic E-state index is 0.351. The van der Waals surface area contributed by atoms with E-state index in [0.717, 1.165) is 45.8 Å². The smallest absolute Gasteiger partial charge is 0.0809 e. The average Bonchev–Trinajstić information content (AvgIpc) is 2.98. The Kier molecular flexibility index (Phi) is 6.31. The fourth-order valence-corrected chi connectivity index (χ4v) is 3.32. The Morgan fingerprint density at radius 1 is 1.47 bits per heavy atom. The van der Waals surface area contributed by atoms with Crippen LogP contribution in [0.4, 0.5) is 0 Å². The van der Waals surface area contributed by atoms with Crippen molar-refractivity contribution in [3.8, 4) is 0 Å². The van der Waals surface area contributed by atoms with Crippen LogP contribution in [0.25, 0.3) is 0 Å². The predicted octanol–water partition coefficient (Wildman–Crippen LogP) is 3.04. The summed E-state index contributed by atoms with van der Waals surface area (Å²) in [7, 11) is 0. The molecular weight excluding hydrogens is 258 g/mol. The third-order valence-corrected chi connectivity index (χ3v) is 4.44. The Morgan fingerprint density at radius 2 is 2.37 bits per heavy atom. The Balaban J connectivity index is 1.47. The van der Waals surface area contributed by atoms with Gasteiger partial charge in [0, 0.05) is 29.5 Å². The second kappa shape index (κ2) is 8.00. The molecule has 108 valence electrons. The molecule has 1 N–H and O–H groups in total. The van der Waals surface area contributed by atoms with Crippen LogP contribution in [0.3, 0.4) is 0 Å². The number of rotatable bonds is 8. The maximum absolute atomic E-state index is 5.63. The van der Waals surface area contributed by atoms with E-state index < -0.39 is 0 Å². The van der Waals surface area contributed by atoms with Crippen molar-refractivity contribution in [2.75, 3.05) is 26.4 Å². The summed E-state index contributed by atoms with van der Waals surface area (Å²) >= 11 is 1.88. The Hall–Kier alpha value is -0.420. The monoisotopic (exact) mass is 283 g/mol. The van der Waals surface area contributed by atoms with Crippen molar-refractivity contribution in [2.45, 2.75) is 45.8 Å². The molecule has 0 aromatic carbocycles. The molecule has 1 fully saturated rings. The molecule has 1 unspecified atom stereocenters. The number of hydrogen-bond acceptors (Lipinski definition) is 4. The van der Waals surface area contributed by atoms with Gasteiger partial charge in [-0.3, -0.25) is 0 Å². The summed E-state index contributed by atoms with van der Waals surface area (Å²) in [6.45, 7) is 8.85. The van der Waals surface area contributed by atoms with E-state index in [1.54, 1.807) is 0 Å². The number of thiophene rings is 1. The average molecular weight is 283 g/mol. The van der Waals surface area contributed by atoms with E-state index in [9.17, 15) is 0 Å². The second-order valence-electron chi connectivity index (χ2n) is 5.18. The van der Waals surface area contributed by atoms with Crippen LogP contribution in [-0.2, 0) is 16.0 Å². The van der Waals surface area contributed by atoms with Gasteiger partial charge >= 0.3 is 0 Å². The van der Waals surface area contributed by atoms with Crippen molar-refractivity contribution in [1.29, 1.82) is 0 Å². The van der Waals surface area contributed by atoms with Crippen LogP contribution in [-0.4, -0.2) is 32.5 Å². The van der Waals surface area contributed by atoms with Crippen LogP contribution in [0.2, 0.25) is 0 Å². The highest BCUT2D eigenvalue weighted by Crippen LogP contribution is 2.20. The lowest BCUT2D eigenvalue weighted by molar-refractivity contribution is 0.0166. The summed E-state index contributed by atoms with van der Waals surface area (Å²) in [4.78, 5) is 2.83. The van der Waals surface area contributed by atoms with E-state index in [-0.39, 0.29) is 0 Å². The van der Waals surface area contributed by atoms with Gasteiger partial charge in [0.15, 0.2) is 0 Å². The van der Waals surface area contributed by atoms with Crippen molar-refractivity contribution >= 4 is 11.3 Å². The van der Waals surface area contributed by atoms with Gasteiger partial charge in [0.1, 0.15) is 0 Å². The van der Waals surface area contributed by atoms with E-state index in [0.29, 0.717) is 6.10 Å². The van der Waals surface area contributed by atoms with Gasteiger partial charge in [-0.15, -0.1) is 11.3 Å². The lowest BCUT2D eigenvalue weighted by Crippen LogP contribution is -2.19. The zero-order chi connectivity index (χ0) is 13.5. The van der Waals surface area contributed by atoms with E-state index in [4.69, 9.17) is 9.47 Å². The first-order valence-corrected chi connectivity index (χ1v) is 8.03. The van der Waals surface area contributed by atoms with Gasteiger partial charge in [0.25, 0.3) is 0 Å². The zero-order valence-electron chi connectivity index (χ0n) is 12.0. The Labute approximate surface area is 120 Å². The van der Waals surface area contributed by atoms with E-state index in [1.165, 1.54) is 21.7 Å². The summed E-state index contributed by atoms with van der Waals surface area (Å²) in [6.07, 6.45) is 3.77. The minimum Gasteiger partial charge on any atom is -0.379 e. The van der Waals surface area contributed by atoms with Crippen LogP contribution in [0, 0.1) is 13.8 Å². The topological polar surface area (TPSA) is 30.5 Å². The van der Waals surface area contributed by atoms with Gasteiger partial charge in [-0.2, -0.15) is 0 Å². The molecule has 0 spiro atoms. The largest absolute Gasteiger partial charge is 0.379 e. The number of nitrogens with one attached hydrogen (secondary N) is 1. The van der Waals surface area contributed by atoms with E-state index in [1.807, 2.05) is 11.3 Å². The molecule has 4 heteroatoms. The summed E-state index contributed by atoms with van der Waals surface area (Å²) in [5, 5.41) is 3.48. The fourth-order valence-electron chi connectivity index (χ4n) is 2.37. The normalized spacial score (nSPS) is 19.2. The number of aryl methyl sites for hydroxylation is 2. The fraction of sp³-hybridized carbons (Fsp3) is 0.733. The van der Waals surface area contributed by atoms with Crippen LogP contribution in [0.15, 0.2) is 6.07 Å². The lowest BCUT2D eigenvalue weighted by atomic mass is 10.2. The standard InChI is InChI=1S/C15H25NO2S/c1-12-9-14(13(2)19-12)10-16-6-4-7-17-11-15-5-3-8-18-15/h9,15-16H,3-8,10-11H2,1-2H3. The Bertz CT molecular complexity index is 372. The molecule has 1 aromatic rings. The highest BCUT2D eigenvalue weighted by molar-refractivity contribution is 7.12. The maximum Gasteiger partial charge on any atom is 0.0809 e. The summed E-state index contributed by atoms with van der Waals surface area (Å²) in [6, 6.07) is 2.28. The SMILES string of the molecule is Cc1cc(CNCCCOCC2CCCO2)c(C)s1. The highest BCUT2D eigenvalue weighted by Gasteiger charge is 2.14. The van der Waals surface area contributed by atoms with Gasteiger partial charge < -0.3 is 14.8 Å². The van der Waals surface area contributed by atoms with Gasteiger partial charge in [0.05, 0.1) is 12.7 Å². The summed E-state index contributed by atoms with van der Waals surface area (Å²) in [5.74, 6) is 0. The first kappa shape index (κ1) is 15.0. The second-order valence-corrected chi connectivity index (χ2v) is 6.64. The molecule has 2 rings (SSSR count). The third kappa shape index (κ3) is 5.22.